The fraction of sp³-hybridized carbons (Fsp3) is 0.130. The molecule has 0 aliphatic heterocycles. The van der Waals surface area contributed by atoms with Crippen LogP contribution < -0.4 is 10.0 Å². The smallest absolute Gasteiger partial charge is 0.341 e. The zero-order valence-corrected chi connectivity index (χ0v) is 18.8. The summed E-state index contributed by atoms with van der Waals surface area (Å²) in [5, 5.41) is 13.6. The SMILES string of the molecule is CC(OC(=O)c1ccccc1NS(=O)(=O)c1cccc([N+](=O)[O-])c1)C(=O)NCc1ccccc1. The molecule has 1 amide bonds. The van der Waals surface area contributed by atoms with Crippen molar-refractivity contribution < 1.29 is 27.7 Å². The molecule has 0 spiro atoms. The topological polar surface area (TPSA) is 145 Å². The summed E-state index contributed by atoms with van der Waals surface area (Å²) in [6.07, 6.45) is -1.14. The van der Waals surface area contributed by atoms with E-state index >= 15 is 0 Å². The molecule has 34 heavy (non-hydrogen) atoms. The van der Waals surface area contributed by atoms with E-state index in [1.54, 1.807) is 0 Å². The standard InChI is InChI=1S/C23H21N3O7S/c1-16(22(27)24-15-17-8-3-2-4-9-17)33-23(28)20-12-5-6-13-21(20)25-34(31,32)19-11-7-10-18(14-19)26(29)30/h2-14,16,25H,15H2,1H3,(H,24,27). The highest BCUT2D eigenvalue weighted by Crippen LogP contribution is 2.23. The molecule has 10 nitrogen and oxygen atoms in total. The number of hydrogen-bond acceptors (Lipinski definition) is 7. The number of nitrogens with one attached hydrogen (secondary N) is 2. The van der Waals surface area contributed by atoms with Crippen molar-refractivity contribution in [1.82, 2.24) is 5.32 Å². The van der Waals surface area contributed by atoms with Gasteiger partial charge in [0.25, 0.3) is 21.6 Å². The number of hydrogen-bond donors (Lipinski definition) is 2. The zero-order valence-electron chi connectivity index (χ0n) is 18.0. The average molecular weight is 484 g/mol. The number of carbonyl (C=O) groups excluding carboxylic acids is 2. The first-order valence-electron chi connectivity index (χ1n) is 10.1. The molecule has 11 heteroatoms. The predicted octanol–water partition coefficient (Wildman–Crippen LogP) is 3.26. The van der Waals surface area contributed by atoms with Crippen LogP contribution in [0.15, 0.2) is 83.8 Å². The summed E-state index contributed by atoms with van der Waals surface area (Å²) >= 11 is 0. The highest BCUT2D eigenvalue weighted by molar-refractivity contribution is 7.92. The van der Waals surface area contributed by atoms with Crippen LogP contribution in [-0.2, 0) is 26.1 Å². The lowest BCUT2D eigenvalue weighted by atomic mass is 10.2. The number of esters is 1. The Morgan fingerprint density at radius 3 is 2.38 bits per heavy atom. The normalized spacial score (nSPS) is 11.8. The van der Waals surface area contributed by atoms with Gasteiger partial charge in [0.15, 0.2) is 6.10 Å². The predicted molar refractivity (Wildman–Crippen MR) is 124 cm³/mol. The van der Waals surface area contributed by atoms with Crippen molar-refractivity contribution in [3.63, 3.8) is 0 Å². The first-order valence-corrected chi connectivity index (χ1v) is 11.5. The maximum absolute atomic E-state index is 12.8. The first kappa shape index (κ1) is 24.4. The lowest BCUT2D eigenvalue weighted by Gasteiger charge is -2.16. The summed E-state index contributed by atoms with van der Waals surface area (Å²) in [5.41, 5.74) is 0.247. The van der Waals surface area contributed by atoms with Gasteiger partial charge in [-0.05, 0) is 30.7 Å². The monoisotopic (exact) mass is 483 g/mol. The fourth-order valence-corrected chi connectivity index (χ4v) is 4.04. The molecule has 0 saturated carbocycles. The van der Waals surface area contributed by atoms with Crippen LogP contribution >= 0.6 is 0 Å². The van der Waals surface area contributed by atoms with Crippen LogP contribution in [0.2, 0.25) is 0 Å². The molecule has 0 radical (unpaired) electrons. The van der Waals surface area contributed by atoms with E-state index in [9.17, 15) is 28.1 Å². The number of nitro groups is 1. The number of anilines is 1. The summed E-state index contributed by atoms with van der Waals surface area (Å²) in [7, 11) is -4.25. The van der Waals surface area contributed by atoms with Crippen molar-refractivity contribution >= 4 is 33.3 Å². The highest BCUT2D eigenvalue weighted by Gasteiger charge is 2.24. The Kier molecular flexibility index (Phi) is 7.59. The Balaban J connectivity index is 1.71. The number of carbonyl (C=O) groups is 2. The van der Waals surface area contributed by atoms with Crippen LogP contribution in [0, 0.1) is 10.1 Å². The first-order chi connectivity index (χ1) is 16.2. The highest BCUT2D eigenvalue weighted by atomic mass is 32.2. The number of amides is 1. The van der Waals surface area contributed by atoms with Gasteiger partial charge in [0.2, 0.25) is 0 Å². The quantitative estimate of drug-likeness (QED) is 0.270. The van der Waals surface area contributed by atoms with E-state index in [0.29, 0.717) is 0 Å². The lowest BCUT2D eigenvalue weighted by molar-refractivity contribution is -0.385. The lowest BCUT2D eigenvalue weighted by Crippen LogP contribution is -2.35. The Hall–Kier alpha value is -4.25. The van der Waals surface area contributed by atoms with Crippen LogP contribution in [0.25, 0.3) is 0 Å². The molecular formula is C23H21N3O7S. The van der Waals surface area contributed by atoms with Crippen molar-refractivity contribution in [1.29, 1.82) is 0 Å². The molecule has 0 aromatic heterocycles. The van der Waals surface area contributed by atoms with Crippen molar-refractivity contribution in [2.75, 3.05) is 4.72 Å². The van der Waals surface area contributed by atoms with Crippen LogP contribution in [0.4, 0.5) is 11.4 Å². The van der Waals surface area contributed by atoms with E-state index in [4.69, 9.17) is 4.74 Å². The van der Waals surface area contributed by atoms with E-state index in [0.717, 1.165) is 17.7 Å². The molecule has 3 aromatic rings. The van der Waals surface area contributed by atoms with Crippen molar-refractivity contribution in [2.45, 2.75) is 24.5 Å². The van der Waals surface area contributed by atoms with Crippen molar-refractivity contribution in [3.8, 4) is 0 Å². The molecule has 3 rings (SSSR count). The maximum Gasteiger partial charge on any atom is 0.341 e. The van der Waals surface area contributed by atoms with Crippen LogP contribution in [0.3, 0.4) is 0 Å². The van der Waals surface area contributed by atoms with Gasteiger partial charge < -0.3 is 10.1 Å². The minimum atomic E-state index is -4.25. The Bertz CT molecular complexity index is 1310. The second kappa shape index (κ2) is 10.6. The average Bonchev–Trinajstić information content (AvgIpc) is 2.83. The molecule has 2 N–H and O–H groups in total. The summed E-state index contributed by atoms with van der Waals surface area (Å²) in [4.78, 5) is 34.9. The van der Waals surface area contributed by atoms with Gasteiger partial charge >= 0.3 is 5.97 Å². The van der Waals surface area contributed by atoms with E-state index < -0.39 is 38.6 Å². The fourth-order valence-electron chi connectivity index (χ4n) is 2.92. The molecule has 0 fully saturated rings. The number of nitrogens with zero attached hydrogens (tertiary/aromatic N) is 1. The third kappa shape index (κ3) is 6.17. The number of rotatable bonds is 9. The molecular weight excluding hydrogens is 462 g/mol. The third-order valence-corrected chi connectivity index (χ3v) is 6.06. The van der Waals surface area contributed by atoms with Gasteiger partial charge in [-0.1, -0.05) is 48.5 Å². The summed E-state index contributed by atoms with van der Waals surface area (Å²) < 4.78 is 33.0. The van der Waals surface area contributed by atoms with Crippen LogP contribution in [-0.4, -0.2) is 31.3 Å². The number of sulfonamides is 1. The van der Waals surface area contributed by atoms with Gasteiger partial charge in [-0.25, -0.2) is 13.2 Å². The number of non-ortho nitro benzene ring substituents is 1. The Morgan fingerprint density at radius 1 is 1.00 bits per heavy atom. The number of nitro benzene ring substituents is 1. The van der Waals surface area contributed by atoms with Gasteiger partial charge in [0, 0.05) is 18.7 Å². The Morgan fingerprint density at radius 2 is 1.68 bits per heavy atom. The molecule has 0 aliphatic rings. The molecule has 1 unspecified atom stereocenters. The molecule has 0 aliphatic carbocycles. The molecule has 1 atom stereocenters. The minimum Gasteiger partial charge on any atom is -0.449 e. The molecule has 0 heterocycles. The molecule has 0 saturated heterocycles. The van der Waals surface area contributed by atoms with Crippen molar-refractivity contribution in [3.05, 3.63) is 100 Å². The Labute approximate surface area is 195 Å². The number of benzene rings is 3. The van der Waals surface area contributed by atoms with Crippen LogP contribution in [0.1, 0.15) is 22.8 Å². The number of para-hydroxylation sites is 1. The van der Waals surface area contributed by atoms with Gasteiger partial charge in [0.1, 0.15) is 0 Å². The maximum atomic E-state index is 12.8. The number of ether oxygens (including phenoxy) is 1. The minimum absolute atomic E-state index is 0.101. The van der Waals surface area contributed by atoms with E-state index in [-0.39, 0.29) is 22.7 Å². The van der Waals surface area contributed by atoms with Crippen molar-refractivity contribution in [2.24, 2.45) is 0 Å². The van der Waals surface area contributed by atoms with Crippen LogP contribution in [0.5, 0.6) is 0 Å². The summed E-state index contributed by atoms with van der Waals surface area (Å²) in [5.74, 6) is -1.44. The molecule has 176 valence electrons. The largest absolute Gasteiger partial charge is 0.449 e. The third-order valence-electron chi connectivity index (χ3n) is 4.69. The van der Waals surface area contributed by atoms with Gasteiger partial charge in [-0.3, -0.25) is 19.6 Å². The zero-order chi connectivity index (χ0) is 24.7. The van der Waals surface area contributed by atoms with Gasteiger partial charge in [-0.15, -0.1) is 0 Å². The van der Waals surface area contributed by atoms with E-state index in [1.165, 1.54) is 43.3 Å². The molecule has 0 bridgehead atoms. The summed E-state index contributed by atoms with van der Waals surface area (Å²) in [6, 6.07) is 19.3. The van der Waals surface area contributed by atoms with E-state index in [1.807, 2.05) is 30.3 Å². The van der Waals surface area contributed by atoms with Gasteiger partial charge in [0.05, 0.1) is 21.1 Å². The summed E-state index contributed by atoms with van der Waals surface area (Å²) in [6.45, 7) is 1.65. The van der Waals surface area contributed by atoms with E-state index in [2.05, 4.69) is 10.0 Å². The second-order valence-electron chi connectivity index (χ2n) is 7.16. The second-order valence-corrected chi connectivity index (χ2v) is 8.84. The van der Waals surface area contributed by atoms with Gasteiger partial charge in [-0.2, -0.15) is 0 Å². The molecule has 3 aromatic carbocycles.